The molecule has 0 N–H and O–H groups in total. The first-order chi connectivity index (χ1) is 10.4. The summed E-state index contributed by atoms with van der Waals surface area (Å²) in [6, 6.07) is 1.29. The van der Waals surface area contributed by atoms with Crippen molar-refractivity contribution in [2.75, 3.05) is 36.5 Å². The third-order valence-corrected chi connectivity index (χ3v) is 5.74. The minimum absolute atomic E-state index is 0.0310. The van der Waals surface area contributed by atoms with Crippen molar-refractivity contribution in [1.29, 1.82) is 0 Å². The standard InChI is InChI=1S/C14H22N4O3S/c1-4-18(5-2)14-15-8-6-12(16-14)13(19)17(3)11-7-9-22(20,21)10-11/h6,8,11H,4-5,7,9-10H2,1-3H3. The molecule has 0 bridgehead atoms. The molecule has 2 heterocycles. The van der Waals surface area contributed by atoms with Crippen LogP contribution in [0.2, 0.25) is 0 Å². The summed E-state index contributed by atoms with van der Waals surface area (Å²) in [6.07, 6.45) is 2.05. The van der Waals surface area contributed by atoms with Crippen LogP contribution in [0.3, 0.4) is 0 Å². The van der Waals surface area contributed by atoms with Crippen molar-refractivity contribution in [2.45, 2.75) is 26.3 Å². The SMILES string of the molecule is CCN(CC)c1nccc(C(=O)N(C)C2CCS(=O)(=O)C2)n1. The quantitative estimate of drug-likeness (QED) is 0.787. The van der Waals surface area contributed by atoms with Crippen molar-refractivity contribution >= 4 is 21.7 Å². The zero-order valence-corrected chi connectivity index (χ0v) is 14.0. The van der Waals surface area contributed by atoms with E-state index in [-0.39, 0.29) is 23.5 Å². The van der Waals surface area contributed by atoms with Gasteiger partial charge in [-0.25, -0.2) is 18.4 Å². The molecule has 1 fully saturated rings. The molecule has 8 heteroatoms. The van der Waals surface area contributed by atoms with Gasteiger partial charge >= 0.3 is 0 Å². The third-order valence-electron chi connectivity index (χ3n) is 3.98. The van der Waals surface area contributed by atoms with E-state index in [2.05, 4.69) is 9.97 Å². The number of carbonyl (C=O) groups excluding carboxylic acids is 1. The average Bonchev–Trinajstić information content (AvgIpc) is 2.87. The topological polar surface area (TPSA) is 83.5 Å². The van der Waals surface area contributed by atoms with Crippen LogP contribution in [0.15, 0.2) is 12.3 Å². The lowest BCUT2D eigenvalue weighted by Gasteiger charge is -2.24. The van der Waals surface area contributed by atoms with Gasteiger partial charge in [-0.05, 0) is 26.3 Å². The Bertz CT molecular complexity index is 643. The molecule has 1 amide bonds. The van der Waals surface area contributed by atoms with Crippen LogP contribution in [0.1, 0.15) is 30.8 Å². The molecule has 1 saturated heterocycles. The van der Waals surface area contributed by atoms with Gasteiger partial charge in [-0.3, -0.25) is 4.79 Å². The number of carbonyl (C=O) groups is 1. The smallest absolute Gasteiger partial charge is 0.272 e. The fourth-order valence-corrected chi connectivity index (χ4v) is 4.33. The molecule has 1 unspecified atom stereocenters. The lowest BCUT2D eigenvalue weighted by atomic mass is 10.2. The van der Waals surface area contributed by atoms with E-state index in [9.17, 15) is 13.2 Å². The number of aromatic nitrogens is 2. The second kappa shape index (κ2) is 6.60. The molecule has 1 aliphatic heterocycles. The second-order valence-corrected chi connectivity index (χ2v) is 7.62. The summed E-state index contributed by atoms with van der Waals surface area (Å²) in [5.41, 5.74) is 0.295. The average molecular weight is 326 g/mol. The highest BCUT2D eigenvalue weighted by molar-refractivity contribution is 7.91. The van der Waals surface area contributed by atoms with Crippen LogP contribution >= 0.6 is 0 Å². The second-order valence-electron chi connectivity index (χ2n) is 5.39. The Kier molecular flexibility index (Phi) is 5.00. The van der Waals surface area contributed by atoms with E-state index in [0.717, 1.165) is 13.1 Å². The van der Waals surface area contributed by atoms with Gasteiger partial charge in [0.15, 0.2) is 9.84 Å². The number of nitrogens with zero attached hydrogens (tertiary/aromatic N) is 4. The Morgan fingerprint density at radius 3 is 2.59 bits per heavy atom. The summed E-state index contributed by atoms with van der Waals surface area (Å²) in [7, 11) is -1.39. The molecule has 0 radical (unpaired) electrons. The molecule has 1 aliphatic rings. The number of hydrogen-bond acceptors (Lipinski definition) is 6. The summed E-state index contributed by atoms with van der Waals surface area (Å²) < 4.78 is 23.1. The van der Waals surface area contributed by atoms with Crippen molar-refractivity contribution in [2.24, 2.45) is 0 Å². The molecule has 22 heavy (non-hydrogen) atoms. The molecule has 1 aromatic rings. The first kappa shape index (κ1) is 16.7. The summed E-state index contributed by atoms with van der Waals surface area (Å²) >= 11 is 0. The molecule has 1 aromatic heterocycles. The number of hydrogen-bond donors (Lipinski definition) is 0. The van der Waals surface area contributed by atoms with Gasteiger partial charge in [-0.1, -0.05) is 0 Å². The maximum absolute atomic E-state index is 12.5. The van der Waals surface area contributed by atoms with Gasteiger partial charge in [0, 0.05) is 32.4 Å². The van der Waals surface area contributed by atoms with E-state index in [0.29, 0.717) is 18.1 Å². The van der Waals surface area contributed by atoms with Crippen LogP contribution in [-0.2, 0) is 9.84 Å². The Balaban J connectivity index is 2.17. The normalized spacial score (nSPS) is 19.9. The van der Waals surface area contributed by atoms with Crippen LogP contribution in [0.4, 0.5) is 5.95 Å². The highest BCUT2D eigenvalue weighted by atomic mass is 32.2. The van der Waals surface area contributed by atoms with E-state index < -0.39 is 9.84 Å². The first-order valence-corrected chi connectivity index (χ1v) is 9.25. The van der Waals surface area contributed by atoms with Gasteiger partial charge in [-0.2, -0.15) is 0 Å². The molecule has 7 nitrogen and oxygen atoms in total. The van der Waals surface area contributed by atoms with Crippen LogP contribution in [0.25, 0.3) is 0 Å². The van der Waals surface area contributed by atoms with E-state index in [1.807, 2.05) is 18.7 Å². The summed E-state index contributed by atoms with van der Waals surface area (Å²) in [4.78, 5) is 24.5. The van der Waals surface area contributed by atoms with Crippen molar-refractivity contribution < 1.29 is 13.2 Å². The lowest BCUT2D eigenvalue weighted by Crippen LogP contribution is -2.38. The Morgan fingerprint density at radius 1 is 1.36 bits per heavy atom. The van der Waals surface area contributed by atoms with Crippen molar-refractivity contribution in [3.05, 3.63) is 18.0 Å². The zero-order chi connectivity index (χ0) is 16.3. The van der Waals surface area contributed by atoms with Crippen LogP contribution in [-0.4, -0.2) is 66.9 Å². The lowest BCUT2D eigenvalue weighted by molar-refractivity contribution is 0.0741. The monoisotopic (exact) mass is 326 g/mol. The van der Waals surface area contributed by atoms with Crippen LogP contribution < -0.4 is 4.90 Å². The molecule has 0 aromatic carbocycles. The Morgan fingerprint density at radius 2 is 2.05 bits per heavy atom. The maximum atomic E-state index is 12.5. The highest BCUT2D eigenvalue weighted by Crippen LogP contribution is 2.18. The van der Waals surface area contributed by atoms with E-state index >= 15 is 0 Å². The Labute approximate surface area is 131 Å². The molecular formula is C14H22N4O3S. The zero-order valence-electron chi connectivity index (χ0n) is 13.2. The molecule has 2 rings (SSSR count). The predicted molar refractivity (Wildman–Crippen MR) is 84.7 cm³/mol. The van der Waals surface area contributed by atoms with E-state index in [1.54, 1.807) is 19.3 Å². The minimum Gasteiger partial charge on any atom is -0.341 e. The first-order valence-electron chi connectivity index (χ1n) is 7.43. The van der Waals surface area contributed by atoms with Crippen molar-refractivity contribution in [3.63, 3.8) is 0 Å². The van der Waals surface area contributed by atoms with E-state index in [1.165, 1.54) is 4.90 Å². The molecule has 0 aliphatic carbocycles. The Hall–Kier alpha value is -1.70. The van der Waals surface area contributed by atoms with Gasteiger partial charge < -0.3 is 9.80 Å². The van der Waals surface area contributed by atoms with Gasteiger partial charge in [0.1, 0.15) is 5.69 Å². The third kappa shape index (κ3) is 3.55. The fourth-order valence-electron chi connectivity index (χ4n) is 2.55. The maximum Gasteiger partial charge on any atom is 0.272 e. The van der Waals surface area contributed by atoms with Gasteiger partial charge in [0.2, 0.25) is 5.95 Å². The number of rotatable bonds is 5. The summed E-state index contributed by atoms with van der Waals surface area (Å²) in [6.45, 7) is 5.50. The minimum atomic E-state index is -3.02. The fraction of sp³-hybridized carbons (Fsp3) is 0.643. The van der Waals surface area contributed by atoms with Gasteiger partial charge in [0.05, 0.1) is 11.5 Å². The molecule has 122 valence electrons. The summed E-state index contributed by atoms with van der Waals surface area (Å²) in [5, 5.41) is 0. The number of amides is 1. The van der Waals surface area contributed by atoms with Gasteiger partial charge in [0.25, 0.3) is 5.91 Å². The van der Waals surface area contributed by atoms with Crippen LogP contribution in [0, 0.1) is 0 Å². The molecule has 0 spiro atoms. The van der Waals surface area contributed by atoms with Crippen molar-refractivity contribution in [3.8, 4) is 0 Å². The molecule has 0 saturated carbocycles. The number of sulfone groups is 1. The van der Waals surface area contributed by atoms with Crippen molar-refractivity contribution in [1.82, 2.24) is 14.9 Å². The molecule has 1 atom stereocenters. The van der Waals surface area contributed by atoms with Gasteiger partial charge in [-0.15, -0.1) is 0 Å². The predicted octanol–water partition coefficient (Wildman–Crippen LogP) is 0.582. The molecular weight excluding hydrogens is 304 g/mol. The largest absolute Gasteiger partial charge is 0.341 e. The highest BCUT2D eigenvalue weighted by Gasteiger charge is 2.33. The van der Waals surface area contributed by atoms with Crippen LogP contribution in [0.5, 0.6) is 0 Å². The summed E-state index contributed by atoms with van der Waals surface area (Å²) in [5.74, 6) is 0.425. The van der Waals surface area contributed by atoms with E-state index in [4.69, 9.17) is 0 Å². The number of anilines is 1.